The Morgan fingerprint density at radius 1 is 1.10 bits per heavy atom. The lowest BCUT2D eigenvalue weighted by Gasteiger charge is -2.25. The van der Waals surface area contributed by atoms with Gasteiger partial charge in [-0.15, -0.1) is 0 Å². The Balaban J connectivity index is 1.47. The number of allylic oxidation sites excluding steroid dienone is 1. The lowest BCUT2D eigenvalue weighted by atomic mass is 10.1. The summed E-state index contributed by atoms with van der Waals surface area (Å²) in [7, 11) is 0. The van der Waals surface area contributed by atoms with E-state index in [0.717, 1.165) is 11.3 Å². The molecule has 2 aromatic carbocycles. The summed E-state index contributed by atoms with van der Waals surface area (Å²) in [5.74, 6) is 1.49. The van der Waals surface area contributed by atoms with E-state index in [4.69, 9.17) is 18.9 Å². The van der Waals surface area contributed by atoms with E-state index < -0.39 is 6.09 Å². The second kappa shape index (κ2) is 8.36. The van der Waals surface area contributed by atoms with Gasteiger partial charge >= 0.3 is 6.09 Å². The summed E-state index contributed by atoms with van der Waals surface area (Å²) < 4.78 is 21.8. The molecule has 4 rings (SSSR count). The van der Waals surface area contributed by atoms with E-state index >= 15 is 0 Å². The lowest BCUT2D eigenvalue weighted by molar-refractivity contribution is 0.0416. The van der Waals surface area contributed by atoms with Crippen molar-refractivity contribution in [3.8, 4) is 17.2 Å². The molecule has 0 radical (unpaired) electrons. The highest BCUT2D eigenvalue weighted by Gasteiger charge is 2.28. The molecule has 2 aliphatic rings. The Morgan fingerprint density at radius 3 is 2.55 bits per heavy atom. The van der Waals surface area contributed by atoms with E-state index in [1.165, 1.54) is 0 Å². The van der Waals surface area contributed by atoms with E-state index in [2.05, 4.69) is 0 Å². The maximum Gasteiger partial charge on any atom is 0.415 e. The molecule has 29 heavy (non-hydrogen) atoms. The van der Waals surface area contributed by atoms with Crippen LogP contribution in [0.25, 0.3) is 6.08 Å². The molecule has 0 N–H and O–H groups in total. The van der Waals surface area contributed by atoms with Crippen LogP contribution in [0.5, 0.6) is 17.2 Å². The molecule has 7 nitrogen and oxygen atoms in total. The van der Waals surface area contributed by atoms with Gasteiger partial charge in [0.1, 0.15) is 17.2 Å². The monoisotopic (exact) mass is 395 g/mol. The Labute approximate surface area is 168 Å². The van der Waals surface area contributed by atoms with Gasteiger partial charge in [0.05, 0.1) is 25.4 Å². The van der Waals surface area contributed by atoms with E-state index in [1.54, 1.807) is 29.2 Å². The maximum absolute atomic E-state index is 12.6. The second-order valence-corrected chi connectivity index (χ2v) is 6.57. The fourth-order valence-electron chi connectivity index (χ4n) is 3.12. The van der Waals surface area contributed by atoms with E-state index in [1.807, 2.05) is 31.2 Å². The molecule has 1 saturated heterocycles. The largest absolute Gasteiger partial charge is 0.494 e. The van der Waals surface area contributed by atoms with Crippen LogP contribution in [0.4, 0.5) is 4.79 Å². The fourth-order valence-corrected chi connectivity index (χ4v) is 3.12. The van der Waals surface area contributed by atoms with Crippen molar-refractivity contribution in [2.75, 3.05) is 32.9 Å². The van der Waals surface area contributed by atoms with Crippen molar-refractivity contribution in [1.82, 2.24) is 4.90 Å². The van der Waals surface area contributed by atoms with Crippen LogP contribution in [0.3, 0.4) is 0 Å². The molecule has 0 unspecified atom stereocenters. The van der Waals surface area contributed by atoms with E-state index in [0.29, 0.717) is 50.0 Å². The standard InChI is InChI=1S/C22H21NO6/c1-2-27-16-5-3-15(4-6-16)13-20-21(24)18-8-7-17(14-19(18)29-20)28-22(25)23-9-11-26-12-10-23/h3-8,13-14H,2,9-12H2,1H3/b20-13-. The molecule has 2 aliphatic heterocycles. The third kappa shape index (κ3) is 4.25. The third-order valence-electron chi connectivity index (χ3n) is 4.60. The number of hydrogen-bond donors (Lipinski definition) is 0. The zero-order chi connectivity index (χ0) is 20.2. The van der Waals surface area contributed by atoms with Gasteiger partial charge in [-0.3, -0.25) is 4.79 Å². The van der Waals surface area contributed by atoms with E-state index in [-0.39, 0.29) is 11.5 Å². The summed E-state index contributed by atoms with van der Waals surface area (Å²) in [6.45, 7) is 4.50. The molecule has 0 aromatic heterocycles. The number of rotatable bonds is 4. The zero-order valence-corrected chi connectivity index (χ0v) is 16.1. The number of benzene rings is 2. The van der Waals surface area contributed by atoms with Gasteiger partial charge in [-0.2, -0.15) is 0 Å². The number of amides is 1. The summed E-state index contributed by atoms with van der Waals surface area (Å²) in [5, 5.41) is 0. The second-order valence-electron chi connectivity index (χ2n) is 6.57. The molecule has 0 aliphatic carbocycles. The molecule has 0 saturated carbocycles. The SMILES string of the molecule is CCOc1ccc(/C=C2\Oc3cc(OC(=O)N4CCOCC4)ccc3C2=O)cc1. The first-order chi connectivity index (χ1) is 14.1. The van der Waals surface area contributed by atoms with Gasteiger partial charge in [-0.25, -0.2) is 4.79 Å². The summed E-state index contributed by atoms with van der Waals surface area (Å²) in [4.78, 5) is 26.4. The molecular weight excluding hydrogens is 374 g/mol. The minimum Gasteiger partial charge on any atom is -0.494 e. The van der Waals surface area contributed by atoms with Crippen LogP contribution in [-0.4, -0.2) is 49.7 Å². The van der Waals surface area contributed by atoms with Gasteiger partial charge in [0, 0.05) is 19.2 Å². The highest BCUT2D eigenvalue weighted by Crippen LogP contribution is 2.35. The molecular formula is C22H21NO6. The number of ether oxygens (including phenoxy) is 4. The van der Waals surface area contributed by atoms with Gasteiger partial charge < -0.3 is 23.8 Å². The first-order valence-corrected chi connectivity index (χ1v) is 9.49. The van der Waals surface area contributed by atoms with Gasteiger partial charge in [0.15, 0.2) is 5.76 Å². The number of morpholine rings is 1. The van der Waals surface area contributed by atoms with Crippen molar-refractivity contribution in [3.05, 3.63) is 59.4 Å². The molecule has 0 spiro atoms. The number of hydrogen-bond acceptors (Lipinski definition) is 6. The minimum absolute atomic E-state index is 0.208. The quantitative estimate of drug-likeness (QED) is 0.738. The molecule has 2 aromatic rings. The normalized spacial score (nSPS) is 17.1. The van der Waals surface area contributed by atoms with Gasteiger partial charge in [0.25, 0.3) is 0 Å². The van der Waals surface area contributed by atoms with Gasteiger partial charge in [-0.1, -0.05) is 12.1 Å². The minimum atomic E-state index is -0.442. The van der Waals surface area contributed by atoms with Crippen LogP contribution in [-0.2, 0) is 4.74 Å². The van der Waals surface area contributed by atoms with Crippen molar-refractivity contribution in [1.29, 1.82) is 0 Å². The predicted molar refractivity (Wildman–Crippen MR) is 105 cm³/mol. The van der Waals surface area contributed by atoms with E-state index in [9.17, 15) is 9.59 Å². The Bertz CT molecular complexity index is 944. The summed E-state index contributed by atoms with van der Waals surface area (Å²) in [6.07, 6.45) is 1.24. The van der Waals surface area contributed by atoms with Crippen LogP contribution < -0.4 is 14.2 Å². The molecule has 0 atom stereocenters. The molecule has 1 amide bonds. The topological polar surface area (TPSA) is 74.3 Å². The Hall–Kier alpha value is -3.32. The van der Waals surface area contributed by atoms with Crippen molar-refractivity contribution in [2.45, 2.75) is 6.92 Å². The number of carbonyl (C=O) groups is 2. The van der Waals surface area contributed by atoms with Crippen molar-refractivity contribution >= 4 is 18.0 Å². The van der Waals surface area contributed by atoms with Crippen molar-refractivity contribution in [2.24, 2.45) is 0 Å². The van der Waals surface area contributed by atoms with Crippen molar-refractivity contribution < 1.29 is 28.5 Å². The highest BCUT2D eigenvalue weighted by atomic mass is 16.6. The van der Waals surface area contributed by atoms with Crippen LogP contribution in [0.1, 0.15) is 22.8 Å². The number of nitrogens with zero attached hydrogens (tertiary/aromatic N) is 1. The average Bonchev–Trinajstić information content (AvgIpc) is 3.05. The van der Waals surface area contributed by atoms with Crippen molar-refractivity contribution in [3.63, 3.8) is 0 Å². The number of carbonyl (C=O) groups excluding carboxylic acids is 2. The van der Waals surface area contributed by atoms with Crippen LogP contribution in [0, 0.1) is 0 Å². The molecule has 7 heteroatoms. The molecule has 150 valence electrons. The zero-order valence-electron chi connectivity index (χ0n) is 16.1. The predicted octanol–water partition coefficient (Wildman–Crippen LogP) is 3.53. The maximum atomic E-state index is 12.6. The highest BCUT2D eigenvalue weighted by molar-refractivity contribution is 6.14. The Kier molecular flexibility index (Phi) is 5.48. The third-order valence-corrected chi connectivity index (χ3v) is 4.60. The number of Topliss-reactive ketones (excluding diaryl/α,β-unsaturated/α-hetero) is 1. The smallest absolute Gasteiger partial charge is 0.415 e. The van der Waals surface area contributed by atoms with Gasteiger partial charge in [0.2, 0.25) is 5.78 Å². The fraction of sp³-hybridized carbons (Fsp3) is 0.273. The first-order valence-electron chi connectivity index (χ1n) is 9.49. The molecule has 0 bridgehead atoms. The molecule has 2 heterocycles. The summed E-state index contributed by atoms with van der Waals surface area (Å²) in [6, 6.07) is 12.2. The van der Waals surface area contributed by atoms with Gasteiger partial charge in [-0.05, 0) is 42.8 Å². The number of fused-ring (bicyclic) bond motifs is 1. The lowest BCUT2D eigenvalue weighted by Crippen LogP contribution is -2.42. The average molecular weight is 395 g/mol. The van der Waals surface area contributed by atoms with Crippen LogP contribution in [0.15, 0.2) is 48.2 Å². The summed E-state index contributed by atoms with van der Waals surface area (Å²) in [5.41, 5.74) is 1.26. The molecule has 1 fully saturated rings. The number of ketones is 1. The van der Waals surface area contributed by atoms with Crippen LogP contribution in [0.2, 0.25) is 0 Å². The van der Waals surface area contributed by atoms with Crippen LogP contribution >= 0.6 is 0 Å². The first kappa shape index (κ1) is 19.0. The summed E-state index contributed by atoms with van der Waals surface area (Å²) >= 11 is 0. The Morgan fingerprint density at radius 2 is 1.83 bits per heavy atom.